The molecular weight excluding hydrogens is 266 g/mol. The van der Waals surface area contributed by atoms with E-state index < -0.39 is 0 Å². The van der Waals surface area contributed by atoms with Crippen molar-refractivity contribution in [3.63, 3.8) is 0 Å². The van der Waals surface area contributed by atoms with E-state index in [0.717, 1.165) is 26.0 Å². The van der Waals surface area contributed by atoms with Gasteiger partial charge in [0.05, 0.1) is 6.61 Å². The summed E-state index contributed by atoms with van der Waals surface area (Å²) in [7, 11) is 0. The van der Waals surface area contributed by atoms with Crippen molar-refractivity contribution in [1.82, 2.24) is 5.32 Å². The first-order valence-electron chi connectivity index (χ1n) is 7.32. The summed E-state index contributed by atoms with van der Waals surface area (Å²) < 4.78 is 6.05. The van der Waals surface area contributed by atoms with Crippen molar-refractivity contribution < 1.29 is 4.74 Å². The van der Waals surface area contributed by atoms with E-state index in [0.29, 0.717) is 6.04 Å². The average molecular weight is 287 g/mol. The van der Waals surface area contributed by atoms with Crippen molar-refractivity contribution >= 4 is 11.3 Å². The molecule has 0 spiro atoms. The fourth-order valence-electron chi connectivity index (χ4n) is 2.59. The van der Waals surface area contributed by atoms with Crippen LogP contribution in [0.4, 0.5) is 0 Å². The number of morpholine rings is 1. The predicted molar refractivity (Wildman–Crippen MR) is 84.3 cm³/mol. The molecule has 0 bridgehead atoms. The molecule has 20 heavy (non-hydrogen) atoms. The number of nitrogens with one attached hydrogen (secondary N) is 1. The molecule has 1 fully saturated rings. The number of hydrogen-bond donors (Lipinski definition) is 1. The number of hydrogen-bond acceptors (Lipinski definition) is 3. The Morgan fingerprint density at radius 1 is 1.20 bits per heavy atom. The van der Waals surface area contributed by atoms with Crippen LogP contribution in [0.25, 0.3) is 0 Å². The van der Waals surface area contributed by atoms with Crippen molar-refractivity contribution in [2.45, 2.75) is 31.9 Å². The molecule has 1 aliphatic heterocycles. The van der Waals surface area contributed by atoms with Crippen LogP contribution in [0, 0.1) is 0 Å². The third-order valence-corrected chi connectivity index (χ3v) is 5.09. The summed E-state index contributed by atoms with van der Waals surface area (Å²) >= 11 is 1.88. The fraction of sp³-hybridized carbons (Fsp3) is 0.412. The van der Waals surface area contributed by atoms with E-state index in [9.17, 15) is 0 Å². The van der Waals surface area contributed by atoms with Gasteiger partial charge in [-0.25, -0.2) is 0 Å². The van der Waals surface area contributed by atoms with Gasteiger partial charge in [-0.15, -0.1) is 11.3 Å². The van der Waals surface area contributed by atoms with Crippen LogP contribution in [0.2, 0.25) is 0 Å². The summed E-state index contributed by atoms with van der Waals surface area (Å²) in [6.07, 6.45) is 2.38. The first kappa shape index (κ1) is 13.8. The van der Waals surface area contributed by atoms with Gasteiger partial charge in [-0.05, 0) is 30.5 Å². The molecule has 2 atom stereocenters. The molecule has 1 aliphatic rings. The lowest BCUT2D eigenvalue weighted by atomic mass is 10.1. The van der Waals surface area contributed by atoms with Crippen molar-refractivity contribution in [1.29, 1.82) is 0 Å². The molecule has 2 nitrogen and oxygen atoms in total. The molecule has 3 heteroatoms. The standard InChI is InChI=1S/C17H21NOS/c1-2-15-8-9-17(20-15)16-11-18-14(12-19-16)10-13-6-4-3-5-7-13/h3-9,14,16,18H,2,10-12H2,1H3. The Hall–Kier alpha value is -1.16. The Morgan fingerprint density at radius 3 is 2.70 bits per heavy atom. The molecule has 1 aromatic carbocycles. The van der Waals surface area contributed by atoms with E-state index in [-0.39, 0.29) is 6.10 Å². The third-order valence-electron chi connectivity index (χ3n) is 3.76. The molecule has 3 rings (SSSR count). The maximum Gasteiger partial charge on any atom is 0.104 e. The van der Waals surface area contributed by atoms with E-state index in [2.05, 4.69) is 54.7 Å². The minimum atomic E-state index is 0.229. The summed E-state index contributed by atoms with van der Waals surface area (Å²) in [5.41, 5.74) is 1.37. The Bertz CT molecular complexity index is 529. The van der Waals surface area contributed by atoms with E-state index in [4.69, 9.17) is 4.74 Å². The van der Waals surface area contributed by atoms with Crippen molar-refractivity contribution in [3.05, 3.63) is 57.8 Å². The first-order chi connectivity index (χ1) is 9.85. The lowest BCUT2D eigenvalue weighted by Crippen LogP contribution is -2.43. The highest BCUT2D eigenvalue weighted by atomic mass is 32.1. The molecule has 0 saturated carbocycles. The summed E-state index contributed by atoms with van der Waals surface area (Å²) in [5, 5.41) is 3.63. The highest BCUT2D eigenvalue weighted by molar-refractivity contribution is 7.12. The second kappa shape index (κ2) is 6.53. The molecule has 2 aromatic rings. The minimum Gasteiger partial charge on any atom is -0.370 e. The molecule has 0 amide bonds. The molecule has 106 valence electrons. The summed E-state index contributed by atoms with van der Waals surface area (Å²) in [6, 6.07) is 15.5. The molecule has 1 N–H and O–H groups in total. The topological polar surface area (TPSA) is 21.3 Å². The zero-order valence-electron chi connectivity index (χ0n) is 11.8. The SMILES string of the molecule is CCc1ccc(C2CNC(Cc3ccccc3)CO2)s1. The van der Waals surface area contributed by atoms with Crippen LogP contribution in [0.3, 0.4) is 0 Å². The number of thiophene rings is 1. The maximum atomic E-state index is 6.05. The van der Waals surface area contributed by atoms with Gasteiger partial charge in [0, 0.05) is 22.3 Å². The smallest absolute Gasteiger partial charge is 0.104 e. The second-order valence-electron chi connectivity index (χ2n) is 5.27. The highest BCUT2D eigenvalue weighted by Gasteiger charge is 2.23. The van der Waals surface area contributed by atoms with Crippen LogP contribution in [0.15, 0.2) is 42.5 Å². The Balaban J connectivity index is 1.54. The summed E-state index contributed by atoms with van der Waals surface area (Å²) in [6.45, 7) is 3.91. The van der Waals surface area contributed by atoms with Gasteiger partial charge in [0.15, 0.2) is 0 Å². The van der Waals surface area contributed by atoms with Gasteiger partial charge in [0.1, 0.15) is 6.10 Å². The number of aryl methyl sites for hydroxylation is 1. The number of rotatable bonds is 4. The first-order valence-corrected chi connectivity index (χ1v) is 8.14. The van der Waals surface area contributed by atoms with Gasteiger partial charge in [-0.1, -0.05) is 37.3 Å². The zero-order valence-corrected chi connectivity index (χ0v) is 12.7. The van der Waals surface area contributed by atoms with E-state index in [1.165, 1.54) is 15.3 Å². The fourth-order valence-corrected chi connectivity index (χ4v) is 3.60. The zero-order chi connectivity index (χ0) is 13.8. The minimum absolute atomic E-state index is 0.229. The van der Waals surface area contributed by atoms with Crippen molar-refractivity contribution in [2.24, 2.45) is 0 Å². The molecule has 2 heterocycles. The molecule has 1 aromatic heterocycles. The lowest BCUT2D eigenvalue weighted by molar-refractivity contribution is 0.00509. The number of ether oxygens (including phenoxy) is 1. The van der Waals surface area contributed by atoms with E-state index in [1.807, 2.05) is 11.3 Å². The highest BCUT2D eigenvalue weighted by Crippen LogP contribution is 2.28. The van der Waals surface area contributed by atoms with Crippen molar-refractivity contribution in [3.8, 4) is 0 Å². The van der Waals surface area contributed by atoms with Crippen LogP contribution >= 0.6 is 11.3 Å². The molecule has 0 aliphatic carbocycles. The quantitative estimate of drug-likeness (QED) is 0.928. The average Bonchev–Trinajstić information content (AvgIpc) is 2.98. The van der Waals surface area contributed by atoms with E-state index >= 15 is 0 Å². The van der Waals surface area contributed by atoms with Gasteiger partial charge in [-0.2, -0.15) is 0 Å². The molecular formula is C17H21NOS. The van der Waals surface area contributed by atoms with Gasteiger partial charge in [-0.3, -0.25) is 0 Å². The summed E-state index contributed by atoms with van der Waals surface area (Å²) in [5.74, 6) is 0. The Labute approximate surface area is 124 Å². The van der Waals surface area contributed by atoms with Crippen LogP contribution in [-0.2, 0) is 17.6 Å². The van der Waals surface area contributed by atoms with Crippen molar-refractivity contribution in [2.75, 3.05) is 13.2 Å². The van der Waals surface area contributed by atoms with E-state index in [1.54, 1.807) is 0 Å². The molecule has 0 radical (unpaired) electrons. The third kappa shape index (κ3) is 3.29. The normalized spacial score (nSPS) is 22.9. The van der Waals surface area contributed by atoms with Gasteiger partial charge in [0.2, 0.25) is 0 Å². The van der Waals surface area contributed by atoms with Gasteiger partial charge >= 0.3 is 0 Å². The molecule has 2 unspecified atom stereocenters. The largest absolute Gasteiger partial charge is 0.370 e. The van der Waals surface area contributed by atoms with Crippen LogP contribution in [0.5, 0.6) is 0 Å². The Morgan fingerprint density at radius 2 is 2.05 bits per heavy atom. The second-order valence-corrected chi connectivity index (χ2v) is 6.47. The monoisotopic (exact) mass is 287 g/mol. The van der Waals surface area contributed by atoms with Gasteiger partial charge < -0.3 is 10.1 Å². The number of benzene rings is 1. The lowest BCUT2D eigenvalue weighted by Gasteiger charge is -2.30. The Kier molecular flexibility index (Phi) is 4.51. The maximum absolute atomic E-state index is 6.05. The predicted octanol–water partition coefficient (Wildman–Crippen LogP) is 3.58. The van der Waals surface area contributed by atoms with Crippen LogP contribution in [-0.4, -0.2) is 19.2 Å². The summed E-state index contributed by atoms with van der Waals surface area (Å²) in [4.78, 5) is 2.79. The van der Waals surface area contributed by atoms with Crippen LogP contribution < -0.4 is 5.32 Å². The van der Waals surface area contributed by atoms with Crippen LogP contribution in [0.1, 0.15) is 28.3 Å². The molecule has 1 saturated heterocycles. The van der Waals surface area contributed by atoms with Gasteiger partial charge in [0.25, 0.3) is 0 Å².